The molecule has 6 nitrogen and oxygen atoms in total. The molecule has 0 radical (unpaired) electrons. The standard InChI is InChI=1S/C15H10ClNO5S2/c16-24(20,21)14-7-5-13(6-8-14)23(18,19)12-3-1-11(2-4-12)15-9-17-10-22-15/h1-10H. The van der Waals surface area contributed by atoms with Crippen molar-refractivity contribution in [2.75, 3.05) is 0 Å². The maximum absolute atomic E-state index is 12.6. The van der Waals surface area contributed by atoms with Crippen LogP contribution in [-0.2, 0) is 18.9 Å². The summed E-state index contributed by atoms with van der Waals surface area (Å²) in [5, 5.41) is 0. The Morgan fingerprint density at radius 1 is 0.792 bits per heavy atom. The van der Waals surface area contributed by atoms with Crippen molar-refractivity contribution in [3.05, 3.63) is 61.1 Å². The summed E-state index contributed by atoms with van der Waals surface area (Å²) in [6, 6.07) is 10.8. The Morgan fingerprint density at radius 2 is 1.29 bits per heavy atom. The lowest BCUT2D eigenvalue weighted by molar-refractivity contribution is 0.571. The molecule has 0 saturated heterocycles. The van der Waals surface area contributed by atoms with Crippen LogP contribution < -0.4 is 0 Å². The number of oxazole rings is 1. The molecule has 2 aromatic carbocycles. The summed E-state index contributed by atoms with van der Waals surface area (Å²) in [5.74, 6) is 0.524. The van der Waals surface area contributed by atoms with Crippen molar-refractivity contribution >= 4 is 29.6 Å². The topological polar surface area (TPSA) is 94.3 Å². The molecule has 0 saturated carbocycles. The summed E-state index contributed by atoms with van der Waals surface area (Å²) in [5.41, 5.74) is 0.690. The first kappa shape index (κ1) is 16.7. The van der Waals surface area contributed by atoms with Gasteiger partial charge in [-0.2, -0.15) is 0 Å². The van der Waals surface area contributed by atoms with Crippen LogP contribution in [0.5, 0.6) is 0 Å². The zero-order valence-corrected chi connectivity index (χ0v) is 14.3. The Labute approximate surface area is 143 Å². The predicted molar refractivity (Wildman–Crippen MR) is 86.9 cm³/mol. The van der Waals surface area contributed by atoms with E-state index in [1.807, 2.05) is 0 Å². The highest BCUT2D eigenvalue weighted by atomic mass is 35.7. The highest BCUT2D eigenvalue weighted by Gasteiger charge is 2.19. The summed E-state index contributed by atoms with van der Waals surface area (Å²) in [6.07, 6.45) is 2.81. The van der Waals surface area contributed by atoms with E-state index in [0.29, 0.717) is 11.3 Å². The van der Waals surface area contributed by atoms with Crippen molar-refractivity contribution in [1.29, 1.82) is 0 Å². The molecule has 0 amide bonds. The quantitative estimate of drug-likeness (QED) is 0.642. The van der Waals surface area contributed by atoms with Crippen molar-refractivity contribution in [2.24, 2.45) is 0 Å². The maximum atomic E-state index is 12.6. The third kappa shape index (κ3) is 3.21. The molecule has 1 aromatic heterocycles. The number of aromatic nitrogens is 1. The van der Waals surface area contributed by atoms with E-state index in [0.717, 1.165) is 12.1 Å². The minimum absolute atomic E-state index is 0.0287. The van der Waals surface area contributed by atoms with Crippen LogP contribution in [0.3, 0.4) is 0 Å². The van der Waals surface area contributed by atoms with Gasteiger partial charge in [-0.3, -0.25) is 0 Å². The van der Waals surface area contributed by atoms with Gasteiger partial charge in [0.15, 0.2) is 12.2 Å². The third-order valence-corrected chi connectivity index (χ3v) is 6.45. The molecule has 0 atom stereocenters. The second kappa shape index (κ2) is 6.04. The number of benzene rings is 2. The van der Waals surface area contributed by atoms with E-state index in [1.165, 1.54) is 36.9 Å². The molecule has 0 unspecified atom stereocenters. The Kier molecular flexibility index (Phi) is 4.20. The van der Waals surface area contributed by atoms with Gasteiger partial charge in [0.05, 0.1) is 20.9 Å². The molecule has 24 heavy (non-hydrogen) atoms. The summed E-state index contributed by atoms with van der Waals surface area (Å²) < 4.78 is 52.7. The number of sulfone groups is 1. The lowest BCUT2D eigenvalue weighted by atomic mass is 10.2. The van der Waals surface area contributed by atoms with Crippen LogP contribution in [0.1, 0.15) is 0 Å². The lowest BCUT2D eigenvalue weighted by Crippen LogP contribution is -2.02. The summed E-state index contributed by atoms with van der Waals surface area (Å²) >= 11 is 0. The fourth-order valence-corrected chi connectivity index (χ4v) is 4.10. The number of hydrogen-bond donors (Lipinski definition) is 0. The van der Waals surface area contributed by atoms with Crippen LogP contribution >= 0.6 is 10.7 Å². The fraction of sp³-hybridized carbons (Fsp3) is 0. The van der Waals surface area contributed by atoms with E-state index in [2.05, 4.69) is 4.98 Å². The molecule has 0 aliphatic rings. The van der Waals surface area contributed by atoms with Gasteiger partial charge >= 0.3 is 0 Å². The lowest BCUT2D eigenvalue weighted by Gasteiger charge is -2.06. The molecule has 3 aromatic rings. The van der Waals surface area contributed by atoms with Crippen molar-refractivity contribution in [1.82, 2.24) is 4.98 Å². The van der Waals surface area contributed by atoms with Crippen molar-refractivity contribution in [3.8, 4) is 11.3 Å². The van der Waals surface area contributed by atoms with Gasteiger partial charge in [0.2, 0.25) is 9.84 Å². The van der Waals surface area contributed by atoms with Gasteiger partial charge < -0.3 is 4.42 Å². The molecule has 0 N–H and O–H groups in total. The van der Waals surface area contributed by atoms with E-state index in [9.17, 15) is 16.8 Å². The molecule has 3 rings (SSSR count). The SMILES string of the molecule is O=S(=O)(Cl)c1ccc(S(=O)(=O)c2ccc(-c3cnco3)cc2)cc1. The van der Waals surface area contributed by atoms with Crippen LogP contribution in [0.25, 0.3) is 11.3 Å². The fourth-order valence-electron chi connectivity index (χ4n) is 2.07. The molecule has 1 heterocycles. The first-order chi connectivity index (χ1) is 11.3. The monoisotopic (exact) mass is 383 g/mol. The molecule has 0 bridgehead atoms. The van der Waals surface area contributed by atoms with Gasteiger partial charge in [0, 0.05) is 16.2 Å². The first-order valence-corrected chi connectivity index (χ1v) is 10.4. The molecule has 0 fully saturated rings. The molecule has 0 aliphatic carbocycles. The maximum Gasteiger partial charge on any atom is 0.261 e. The van der Waals surface area contributed by atoms with Crippen LogP contribution in [0.15, 0.2) is 80.2 Å². The summed E-state index contributed by atoms with van der Waals surface area (Å²) in [7, 11) is -2.45. The molecule has 124 valence electrons. The number of halogens is 1. The summed E-state index contributed by atoms with van der Waals surface area (Å²) in [4.78, 5) is 3.68. The Morgan fingerprint density at radius 3 is 1.75 bits per heavy atom. The highest BCUT2D eigenvalue weighted by Crippen LogP contribution is 2.26. The molecular weight excluding hydrogens is 374 g/mol. The van der Waals surface area contributed by atoms with E-state index in [-0.39, 0.29) is 14.7 Å². The zero-order valence-electron chi connectivity index (χ0n) is 12.0. The molecule has 0 spiro atoms. The van der Waals surface area contributed by atoms with E-state index in [4.69, 9.17) is 15.1 Å². The zero-order chi connectivity index (χ0) is 17.4. The van der Waals surface area contributed by atoms with Gasteiger partial charge in [0.25, 0.3) is 9.05 Å². The third-order valence-electron chi connectivity index (χ3n) is 3.30. The Bertz CT molecular complexity index is 1060. The highest BCUT2D eigenvalue weighted by molar-refractivity contribution is 8.13. The van der Waals surface area contributed by atoms with Gasteiger partial charge in [-0.15, -0.1) is 0 Å². The van der Waals surface area contributed by atoms with Crippen LogP contribution in [0, 0.1) is 0 Å². The Hall–Kier alpha value is -2.16. The second-order valence-corrected chi connectivity index (χ2v) is 9.32. The van der Waals surface area contributed by atoms with E-state index >= 15 is 0 Å². The number of rotatable bonds is 4. The van der Waals surface area contributed by atoms with Gasteiger partial charge in [-0.05, 0) is 48.5 Å². The van der Waals surface area contributed by atoms with E-state index in [1.54, 1.807) is 12.1 Å². The Balaban J connectivity index is 1.96. The smallest absolute Gasteiger partial charge is 0.261 e. The van der Waals surface area contributed by atoms with Crippen molar-refractivity contribution in [2.45, 2.75) is 14.7 Å². The average molecular weight is 384 g/mol. The van der Waals surface area contributed by atoms with Crippen LogP contribution in [-0.4, -0.2) is 21.8 Å². The van der Waals surface area contributed by atoms with Crippen molar-refractivity contribution in [3.63, 3.8) is 0 Å². The normalized spacial score (nSPS) is 12.2. The van der Waals surface area contributed by atoms with Crippen LogP contribution in [0.2, 0.25) is 0 Å². The molecule has 9 heteroatoms. The number of nitrogens with zero attached hydrogens (tertiary/aromatic N) is 1. The van der Waals surface area contributed by atoms with Gasteiger partial charge in [-0.1, -0.05) is 0 Å². The predicted octanol–water partition coefficient (Wildman–Crippen LogP) is 3.10. The first-order valence-electron chi connectivity index (χ1n) is 6.57. The van der Waals surface area contributed by atoms with Gasteiger partial charge in [0.1, 0.15) is 0 Å². The van der Waals surface area contributed by atoms with Crippen LogP contribution in [0.4, 0.5) is 0 Å². The minimum atomic E-state index is -3.90. The largest absolute Gasteiger partial charge is 0.444 e. The summed E-state index contributed by atoms with van der Waals surface area (Å²) in [6.45, 7) is 0. The minimum Gasteiger partial charge on any atom is -0.444 e. The second-order valence-electron chi connectivity index (χ2n) is 4.80. The molecule has 0 aliphatic heterocycles. The van der Waals surface area contributed by atoms with Crippen molar-refractivity contribution < 1.29 is 21.3 Å². The number of hydrogen-bond acceptors (Lipinski definition) is 6. The van der Waals surface area contributed by atoms with E-state index < -0.39 is 18.9 Å². The van der Waals surface area contributed by atoms with Gasteiger partial charge in [-0.25, -0.2) is 21.8 Å². The molecular formula is C15H10ClNO5S2. The average Bonchev–Trinajstić information content (AvgIpc) is 3.09.